The highest BCUT2D eigenvalue weighted by Crippen LogP contribution is 2.25. The van der Waals surface area contributed by atoms with E-state index in [1.807, 2.05) is 22.2 Å². The summed E-state index contributed by atoms with van der Waals surface area (Å²) in [6.45, 7) is 2.18. The molecular weight excluding hydrogens is 280 g/mol. The Hall–Kier alpha value is -2.20. The van der Waals surface area contributed by atoms with Gasteiger partial charge in [-0.05, 0) is 24.1 Å². The maximum Gasteiger partial charge on any atom is 0.194 e. The Kier molecular flexibility index (Phi) is 3.97. The maximum atomic E-state index is 11.0. The monoisotopic (exact) mass is 296 g/mol. The highest BCUT2D eigenvalue weighted by atomic mass is 32.1. The third-order valence-electron chi connectivity index (χ3n) is 3.39. The average molecular weight is 296 g/mol. The molecule has 0 bridgehead atoms. The number of carbonyl (C=O) groups excluding carboxylic acids is 1. The molecule has 0 atom stereocenters. The Bertz CT molecular complexity index is 740. The Labute approximate surface area is 127 Å². The molecule has 106 valence electrons. The van der Waals surface area contributed by atoms with Gasteiger partial charge in [0.1, 0.15) is 0 Å². The standard InChI is InChI=1S/C17H16N2OS/c1-2-4-13-6-8-14(9-7-13)16-12-21-17(18-16)19-10-3-5-15(19)11-20/h3,5-12H,2,4H2,1H3. The van der Waals surface area contributed by atoms with Crippen LogP contribution < -0.4 is 0 Å². The lowest BCUT2D eigenvalue weighted by atomic mass is 10.1. The van der Waals surface area contributed by atoms with Crippen LogP contribution in [0.5, 0.6) is 0 Å². The summed E-state index contributed by atoms with van der Waals surface area (Å²) in [5.74, 6) is 0. The Morgan fingerprint density at radius 2 is 2.05 bits per heavy atom. The van der Waals surface area contributed by atoms with Crippen LogP contribution in [0.15, 0.2) is 48.0 Å². The molecule has 0 radical (unpaired) electrons. The SMILES string of the molecule is CCCc1ccc(-c2csc(-n3cccc3C=O)n2)cc1. The van der Waals surface area contributed by atoms with Crippen molar-refractivity contribution in [2.45, 2.75) is 19.8 Å². The number of nitrogens with zero attached hydrogens (tertiary/aromatic N) is 2. The summed E-state index contributed by atoms with van der Waals surface area (Å²) in [4.78, 5) is 15.6. The van der Waals surface area contributed by atoms with E-state index in [0.29, 0.717) is 5.69 Å². The van der Waals surface area contributed by atoms with Crippen molar-refractivity contribution in [1.29, 1.82) is 0 Å². The van der Waals surface area contributed by atoms with Gasteiger partial charge in [-0.15, -0.1) is 11.3 Å². The number of thiazole rings is 1. The molecule has 2 heterocycles. The van der Waals surface area contributed by atoms with Gasteiger partial charge in [0.05, 0.1) is 11.4 Å². The molecule has 3 aromatic rings. The van der Waals surface area contributed by atoms with Crippen molar-refractivity contribution < 1.29 is 4.79 Å². The van der Waals surface area contributed by atoms with Crippen LogP contribution in [0.1, 0.15) is 29.4 Å². The summed E-state index contributed by atoms with van der Waals surface area (Å²) in [6.07, 6.45) is 4.97. The fourth-order valence-electron chi connectivity index (χ4n) is 2.30. The van der Waals surface area contributed by atoms with E-state index in [1.165, 1.54) is 16.9 Å². The van der Waals surface area contributed by atoms with Gasteiger partial charge >= 0.3 is 0 Å². The Morgan fingerprint density at radius 3 is 2.76 bits per heavy atom. The first kappa shape index (κ1) is 13.8. The molecule has 0 amide bonds. The predicted octanol–water partition coefficient (Wildman–Crippen LogP) is 4.37. The van der Waals surface area contributed by atoms with Gasteiger partial charge < -0.3 is 0 Å². The summed E-state index contributed by atoms with van der Waals surface area (Å²) in [5, 5.41) is 2.84. The van der Waals surface area contributed by atoms with E-state index >= 15 is 0 Å². The molecule has 1 aromatic carbocycles. The van der Waals surface area contributed by atoms with Gasteiger partial charge in [-0.25, -0.2) is 4.98 Å². The number of aryl methyl sites for hydroxylation is 1. The normalized spacial score (nSPS) is 10.7. The number of aromatic nitrogens is 2. The van der Waals surface area contributed by atoms with Crippen molar-refractivity contribution in [3.05, 3.63) is 59.2 Å². The second-order valence-corrected chi connectivity index (χ2v) is 5.72. The lowest BCUT2D eigenvalue weighted by Gasteiger charge is -2.01. The molecule has 0 aliphatic heterocycles. The molecule has 0 saturated carbocycles. The van der Waals surface area contributed by atoms with Gasteiger partial charge in [-0.2, -0.15) is 0 Å². The molecule has 0 aliphatic rings. The molecule has 3 rings (SSSR count). The van der Waals surface area contributed by atoms with E-state index in [9.17, 15) is 4.79 Å². The molecule has 0 unspecified atom stereocenters. The topological polar surface area (TPSA) is 34.9 Å². The van der Waals surface area contributed by atoms with Crippen molar-refractivity contribution in [1.82, 2.24) is 9.55 Å². The highest BCUT2D eigenvalue weighted by molar-refractivity contribution is 7.12. The number of rotatable bonds is 5. The van der Waals surface area contributed by atoms with E-state index in [1.54, 1.807) is 6.07 Å². The first-order valence-corrected chi connectivity index (χ1v) is 7.87. The summed E-state index contributed by atoms with van der Waals surface area (Å²) >= 11 is 1.54. The lowest BCUT2D eigenvalue weighted by Crippen LogP contribution is -1.96. The number of hydrogen-bond donors (Lipinski definition) is 0. The molecule has 0 aliphatic carbocycles. The third-order valence-corrected chi connectivity index (χ3v) is 4.23. The van der Waals surface area contributed by atoms with Gasteiger partial charge in [-0.3, -0.25) is 9.36 Å². The van der Waals surface area contributed by atoms with Gasteiger partial charge in [0.25, 0.3) is 0 Å². The molecule has 0 spiro atoms. The summed E-state index contributed by atoms with van der Waals surface area (Å²) in [6, 6.07) is 12.2. The van der Waals surface area contributed by atoms with E-state index in [0.717, 1.165) is 35.5 Å². The molecule has 0 saturated heterocycles. The first-order chi connectivity index (χ1) is 10.3. The average Bonchev–Trinajstić information content (AvgIpc) is 3.17. The van der Waals surface area contributed by atoms with Crippen LogP contribution >= 0.6 is 11.3 Å². The second kappa shape index (κ2) is 6.06. The fraction of sp³-hybridized carbons (Fsp3) is 0.176. The van der Waals surface area contributed by atoms with E-state index in [2.05, 4.69) is 36.2 Å². The number of carbonyl (C=O) groups is 1. The molecule has 2 aromatic heterocycles. The van der Waals surface area contributed by atoms with E-state index in [-0.39, 0.29) is 0 Å². The van der Waals surface area contributed by atoms with Crippen molar-refractivity contribution in [3.63, 3.8) is 0 Å². The smallest absolute Gasteiger partial charge is 0.194 e. The summed E-state index contributed by atoms with van der Waals surface area (Å²) in [7, 11) is 0. The van der Waals surface area contributed by atoms with Crippen molar-refractivity contribution in [2.75, 3.05) is 0 Å². The maximum absolute atomic E-state index is 11.0. The predicted molar refractivity (Wildman–Crippen MR) is 86.3 cm³/mol. The zero-order chi connectivity index (χ0) is 14.7. The van der Waals surface area contributed by atoms with Crippen molar-refractivity contribution >= 4 is 17.6 Å². The van der Waals surface area contributed by atoms with Crippen molar-refractivity contribution in [2.24, 2.45) is 0 Å². The molecule has 4 heteroatoms. The zero-order valence-electron chi connectivity index (χ0n) is 11.8. The largest absolute Gasteiger partial charge is 0.296 e. The van der Waals surface area contributed by atoms with Crippen LogP contribution in [0.3, 0.4) is 0 Å². The van der Waals surface area contributed by atoms with Gasteiger partial charge in [0.15, 0.2) is 11.4 Å². The number of hydrogen-bond acceptors (Lipinski definition) is 3. The lowest BCUT2D eigenvalue weighted by molar-refractivity contribution is 0.111. The van der Waals surface area contributed by atoms with Gasteiger partial charge in [-0.1, -0.05) is 37.6 Å². The van der Waals surface area contributed by atoms with Gasteiger partial charge in [0.2, 0.25) is 0 Å². The van der Waals surface area contributed by atoms with Gasteiger partial charge in [0, 0.05) is 17.1 Å². The quantitative estimate of drug-likeness (QED) is 0.655. The zero-order valence-corrected chi connectivity index (χ0v) is 12.6. The summed E-state index contributed by atoms with van der Waals surface area (Å²) < 4.78 is 1.81. The van der Waals surface area contributed by atoms with E-state index < -0.39 is 0 Å². The Morgan fingerprint density at radius 1 is 1.24 bits per heavy atom. The minimum absolute atomic E-state index is 0.620. The number of benzene rings is 1. The second-order valence-electron chi connectivity index (χ2n) is 4.88. The van der Waals surface area contributed by atoms with Crippen LogP contribution in [0.25, 0.3) is 16.4 Å². The third kappa shape index (κ3) is 2.81. The highest BCUT2D eigenvalue weighted by Gasteiger charge is 2.08. The molecule has 0 N–H and O–H groups in total. The molecular formula is C17H16N2OS. The van der Waals surface area contributed by atoms with Crippen LogP contribution in [-0.2, 0) is 6.42 Å². The molecule has 3 nitrogen and oxygen atoms in total. The molecule has 0 fully saturated rings. The fourth-order valence-corrected chi connectivity index (χ4v) is 3.14. The van der Waals surface area contributed by atoms with E-state index in [4.69, 9.17) is 0 Å². The Balaban J connectivity index is 1.89. The minimum atomic E-state index is 0.620. The van der Waals surface area contributed by atoms with Crippen LogP contribution in [0, 0.1) is 0 Å². The van der Waals surface area contributed by atoms with Crippen LogP contribution in [0.2, 0.25) is 0 Å². The first-order valence-electron chi connectivity index (χ1n) is 6.99. The molecule has 21 heavy (non-hydrogen) atoms. The van der Waals surface area contributed by atoms with Crippen LogP contribution in [-0.4, -0.2) is 15.8 Å². The minimum Gasteiger partial charge on any atom is -0.296 e. The van der Waals surface area contributed by atoms with Crippen LogP contribution in [0.4, 0.5) is 0 Å². The number of aldehydes is 1. The summed E-state index contributed by atoms with van der Waals surface area (Å²) in [5.41, 5.74) is 4.03. The van der Waals surface area contributed by atoms with Crippen molar-refractivity contribution in [3.8, 4) is 16.4 Å².